The molecular weight excluding hydrogens is 378 g/mol. The highest BCUT2D eigenvalue weighted by molar-refractivity contribution is 9.10. The van der Waals surface area contributed by atoms with Crippen molar-refractivity contribution in [2.45, 2.75) is 20.3 Å². The minimum atomic E-state index is -0.315. The summed E-state index contributed by atoms with van der Waals surface area (Å²) in [5.41, 5.74) is 3.37. The first-order valence-corrected chi connectivity index (χ1v) is 8.07. The molecule has 0 aliphatic carbocycles. The molecule has 0 radical (unpaired) electrons. The zero-order valence-corrected chi connectivity index (χ0v) is 15.2. The molecule has 1 heterocycles. The van der Waals surface area contributed by atoms with E-state index >= 15 is 0 Å². The zero-order chi connectivity index (χ0) is 17.5. The van der Waals surface area contributed by atoms with Gasteiger partial charge in [-0.2, -0.15) is 5.10 Å². The van der Waals surface area contributed by atoms with Crippen LogP contribution in [0.3, 0.4) is 0 Å². The smallest absolute Gasteiger partial charge is 0.274 e. The topological polar surface area (TPSA) is 101 Å². The number of nitrogens with one attached hydrogen (secondary N) is 2. The number of H-pyrrole nitrogens is 1. The van der Waals surface area contributed by atoms with Gasteiger partial charge in [0.2, 0.25) is 5.95 Å². The molecule has 8 nitrogen and oxygen atoms in total. The Morgan fingerprint density at radius 1 is 1.42 bits per heavy atom. The molecule has 9 heteroatoms. The van der Waals surface area contributed by atoms with Crippen LogP contribution >= 0.6 is 15.9 Å². The summed E-state index contributed by atoms with van der Waals surface area (Å²) < 4.78 is 11.8. The Kier molecular flexibility index (Phi) is 6.30. The Bertz CT molecular complexity index is 791. The van der Waals surface area contributed by atoms with Gasteiger partial charge in [0.05, 0.1) is 24.4 Å². The van der Waals surface area contributed by atoms with Crippen molar-refractivity contribution in [3.8, 4) is 11.5 Å². The van der Waals surface area contributed by atoms with Gasteiger partial charge in [-0.3, -0.25) is 9.78 Å². The summed E-state index contributed by atoms with van der Waals surface area (Å²) in [5, 5.41) is 11.5. The molecule has 0 fully saturated rings. The van der Waals surface area contributed by atoms with E-state index < -0.39 is 0 Å². The molecule has 2 rings (SSSR count). The predicted octanol–water partition coefficient (Wildman–Crippen LogP) is 2.48. The molecule has 2 N–H and O–H groups in total. The molecular formula is C15H18BrN5O3. The highest BCUT2D eigenvalue weighted by atomic mass is 79.9. The van der Waals surface area contributed by atoms with Crippen molar-refractivity contribution < 1.29 is 9.47 Å². The number of methoxy groups -OCH3 is 1. The van der Waals surface area contributed by atoms with Gasteiger partial charge in [-0.15, -0.1) is 10.2 Å². The van der Waals surface area contributed by atoms with Crippen LogP contribution in [0.1, 0.15) is 24.6 Å². The number of anilines is 1. The van der Waals surface area contributed by atoms with Crippen molar-refractivity contribution in [2.24, 2.45) is 5.10 Å². The Hall–Kier alpha value is -2.42. The number of hydrogen-bond donors (Lipinski definition) is 2. The average molecular weight is 396 g/mol. The molecule has 0 unspecified atom stereocenters. The van der Waals surface area contributed by atoms with Crippen molar-refractivity contribution in [1.82, 2.24) is 15.2 Å². The first kappa shape index (κ1) is 17.9. The lowest BCUT2D eigenvalue weighted by Crippen LogP contribution is -2.15. The first-order valence-electron chi connectivity index (χ1n) is 7.28. The summed E-state index contributed by atoms with van der Waals surface area (Å²) in [6.07, 6.45) is 2.47. The normalized spacial score (nSPS) is 10.8. The Morgan fingerprint density at radius 2 is 2.21 bits per heavy atom. The van der Waals surface area contributed by atoms with E-state index in [4.69, 9.17) is 9.47 Å². The summed E-state index contributed by atoms with van der Waals surface area (Å²) in [4.78, 5) is 14.0. The SMILES string of the molecule is CCCOc1c(Br)cc(/C=N/Nc2nnc(C)c(=O)[nH]2)cc1OC. The average Bonchev–Trinajstić information content (AvgIpc) is 2.56. The lowest BCUT2D eigenvalue weighted by atomic mass is 10.2. The maximum atomic E-state index is 11.4. The molecule has 128 valence electrons. The summed E-state index contributed by atoms with van der Waals surface area (Å²) in [5.74, 6) is 1.41. The van der Waals surface area contributed by atoms with Crippen LogP contribution in [0.5, 0.6) is 11.5 Å². The van der Waals surface area contributed by atoms with Crippen molar-refractivity contribution in [3.63, 3.8) is 0 Å². The molecule has 0 amide bonds. The number of aryl methyl sites for hydroxylation is 1. The standard InChI is InChI=1S/C15H18BrN5O3/c1-4-5-24-13-11(16)6-10(7-12(13)23-3)8-17-20-15-18-14(22)9(2)19-21-15/h6-8H,4-5H2,1-3H3,(H2,18,20,21,22)/b17-8+. The van der Waals surface area contributed by atoms with Crippen molar-refractivity contribution in [1.29, 1.82) is 0 Å². The second-order valence-corrected chi connectivity index (χ2v) is 5.70. The van der Waals surface area contributed by atoms with E-state index in [1.54, 1.807) is 26.3 Å². The van der Waals surface area contributed by atoms with Crippen LogP contribution in [0, 0.1) is 6.92 Å². The maximum absolute atomic E-state index is 11.4. The van der Waals surface area contributed by atoms with E-state index in [1.165, 1.54) is 0 Å². The van der Waals surface area contributed by atoms with Crippen molar-refractivity contribution in [3.05, 3.63) is 38.2 Å². The molecule has 0 atom stereocenters. The lowest BCUT2D eigenvalue weighted by Gasteiger charge is -2.12. The molecule has 0 bridgehead atoms. The van der Waals surface area contributed by atoms with Gasteiger partial charge in [0.15, 0.2) is 11.5 Å². The quantitative estimate of drug-likeness (QED) is 0.551. The van der Waals surface area contributed by atoms with E-state index in [9.17, 15) is 4.79 Å². The highest BCUT2D eigenvalue weighted by Crippen LogP contribution is 2.36. The molecule has 0 spiro atoms. The number of halogens is 1. The number of nitrogens with zero attached hydrogens (tertiary/aromatic N) is 3. The molecule has 24 heavy (non-hydrogen) atoms. The second kappa shape index (κ2) is 8.44. The van der Waals surface area contributed by atoms with Crippen LogP contribution in [0.15, 0.2) is 26.5 Å². The van der Waals surface area contributed by atoms with E-state index in [0.29, 0.717) is 23.8 Å². The third-order valence-corrected chi connectivity index (χ3v) is 3.54. The van der Waals surface area contributed by atoms with E-state index in [0.717, 1.165) is 16.5 Å². The minimum Gasteiger partial charge on any atom is -0.493 e. The number of benzene rings is 1. The van der Waals surface area contributed by atoms with Crippen LogP contribution in [0.2, 0.25) is 0 Å². The molecule has 1 aromatic heterocycles. The molecule has 0 aliphatic rings. The fourth-order valence-electron chi connectivity index (χ4n) is 1.77. The van der Waals surface area contributed by atoms with Gasteiger partial charge in [0.25, 0.3) is 5.56 Å². The van der Waals surface area contributed by atoms with Crippen LogP contribution in [-0.4, -0.2) is 35.1 Å². The van der Waals surface area contributed by atoms with Crippen LogP contribution in [0.25, 0.3) is 0 Å². The Balaban J connectivity index is 2.15. The molecule has 0 saturated heterocycles. The lowest BCUT2D eigenvalue weighted by molar-refractivity contribution is 0.292. The van der Waals surface area contributed by atoms with Gasteiger partial charge in [0.1, 0.15) is 5.69 Å². The van der Waals surface area contributed by atoms with Gasteiger partial charge in [-0.1, -0.05) is 6.92 Å². The van der Waals surface area contributed by atoms with E-state index in [-0.39, 0.29) is 11.5 Å². The van der Waals surface area contributed by atoms with E-state index in [1.807, 2.05) is 13.0 Å². The Labute approximate surface area is 147 Å². The Morgan fingerprint density at radius 3 is 2.88 bits per heavy atom. The third kappa shape index (κ3) is 4.54. The molecule has 0 saturated carbocycles. The molecule has 1 aromatic carbocycles. The largest absolute Gasteiger partial charge is 0.493 e. The summed E-state index contributed by atoms with van der Waals surface area (Å²) >= 11 is 3.47. The first-order chi connectivity index (χ1) is 11.5. The fraction of sp³-hybridized carbons (Fsp3) is 0.333. The summed E-state index contributed by atoms with van der Waals surface area (Å²) in [6.45, 7) is 4.21. The minimum absolute atomic E-state index is 0.163. The van der Waals surface area contributed by atoms with Gasteiger partial charge in [-0.05, 0) is 47.0 Å². The predicted molar refractivity (Wildman–Crippen MR) is 95.1 cm³/mol. The molecule has 0 aliphatic heterocycles. The maximum Gasteiger partial charge on any atom is 0.274 e. The number of aromatic amines is 1. The van der Waals surface area contributed by atoms with Gasteiger partial charge in [-0.25, -0.2) is 5.43 Å². The monoisotopic (exact) mass is 395 g/mol. The fourth-order valence-corrected chi connectivity index (χ4v) is 2.34. The summed E-state index contributed by atoms with van der Waals surface area (Å²) in [7, 11) is 1.58. The summed E-state index contributed by atoms with van der Waals surface area (Å²) in [6, 6.07) is 3.65. The van der Waals surface area contributed by atoms with Gasteiger partial charge < -0.3 is 9.47 Å². The zero-order valence-electron chi connectivity index (χ0n) is 13.6. The van der Waals surface area contributed by atoms with Gasteiger partial charge >= 0.3 is 0 Å². The van der Waals surface area contributed by atoms with Crippen LogP contribution in [0.4, 0.5) is 5.95 Å². The van der Waals surface area contributed by atoms with Crippen LogP contribution < -0.4 is 20.5 Å². The number of hydrogen-bond acceptors (Lipinski definition) is 7. The molecule has 2 aromatic rings. The van der Waals surface area contributed by atoms with Gasteiger partial charge in [0, 0.05) is 0 Å². The number of ether oxygens (including phenoxy) is 2. The second-order valence-electron chi connectivity index (χ2n) is 4.84. The van der Waals surface area contributed by atoms with Crippen molar-refractivity contribution >= 4 is 28.1 Å². The van der Waals surface area contributed by atoms with Crippen molar-refractivity contribution in [2.75, 3.05) is 19.1 Å². The van der Waals surface area contributed by atoms with Crippen LogP contribution in [-0.2, 0) is 0 Å². The van der Waals surface area contributed by atoms with E-state index in [2.05, 4.69) is 41.6 Å². The number of aromatic nitrogens is 3. The number of rotatable bonds is 7. The number of hydrazone groups is 1. The highest BCUT2D eigenvalue weighted by Gasteiger charge is 2.10. The third-order valence-electron chi connectivity index (χ3n) is 2.95.